The summed E-state index contributed by atoms with van der Waals surface area (Å²) in [4.78, 5) is 14.7. The number of nitrogens with zero attached hydrogens (tertiary/aromatic N) is 1. The van der Waals surface area contributed by atoms with Gasteiger partial charge in [0.15, 0.2) is 0 Å². The molecule has 1 fully saturated rings. The number of thiocarbonyl (C=S) groups is 1. The molecule has 0 aliphatic carbocycles. The standard InChI is InChI=1S/C16H20FNO2S/c1-2-20-16(19)13-7-9-18(10-8-13)15(21)11-12-3-5-14(17)6-4-12/h3-6,13H,2,7-11H2,1H3. The first-order chi connectivity index (χ1) is 10.1. The van der Waals surface area contributed by atoms with Crippen molar-refractivity contribution in [2.75, 3.05) is 19.7 Å². The van der Waals surface area contributed by atoms with E-state index in [0.717, 1.165) is 36.5 Å². The molecule has 1 aromatic rings. The normalized spacial score (nSPS) is 15.8. The van der Waals surface area contributed by atoms with Gasteiger partial charge in [0, 0.05) is 19.5 Å². The number of likely N-dealkylation sites (tertiary alicyclic amines) is 1. The van der Waals surface area contributed by atoms with Crippen molar-refractivity contribution in [1.29, 1.82) is 0 Å². The maximum atomic E-state index is 12.9. The number of benzene rings is 1. The third-order valence-electron chi connectivity index (χ3n) is 3.74. The quantitative estimate of drug-likeness (QED) is 0.632. The molecule has 114 valence electrons. The highest BCUT2D eigenvalue weighted by molar-refractivity contribution is 7.80. The molecule has 0 bridgehead atoms. The predicted octanol–water partition coefficient (Wildman–Crippen LogP) is 2.97. The van der Waals surface area contributed by atoms with Crippen LogP contribution in [-0.2, 0) is 16.0 Å². The van der Waals surface area contributed by atoms with Gasteiger partial charge in [-0.05, 0) is 37.5 Å². The van der Waals surface area contributed by atoms with Crippen LogP contribution in [0.1, 0.15) is 25.3 Å². The molecule has 1 heterocycles. The smallest absolute Gasteiger partial charge is 0.309 e. The molecule has 0 spiro atoms. The van der Waals surface area contributed by atoms with Gasteiger partial charge in [0.1, 0.15) is 5.82 Å². The molecule has 0 atom stereocenters. The Morgan fingerprint density at radius 3 is 2.52 bits per heavy atom. The van der Waals surface area contributed by atoms with E-state index in [1.165, 1.54) is 12.1 Å². The summed E-state index contributed by atoms with van der Waals surface area (Å²) >= 11 is 5.46. The topological polar surface area (TPSA) is 29.5 Å². The van der Waals surface area contributed by atoms with Crippen molar-refractivity contribution in [3.63, 3.8) is 0 Å². The molecule has 0 radical (unpaired) electrons. The van der Waals surface area contributed by atoms with E-state index in [1.807, 2.05) is 6.92 Å². The van der Waals surface area contributed by atoms with Crippen molar-refractivity contribution in [2.45, 2.75) is 26.2 Å². The van der Waals surface area contributed by atoms with Gasteiger partial charge in [-0.15, -0.1) is 0 Å². The second kappa shape index (κ2) is 7.50. The highest BCUT2D eigenvalue weighted by Gasteiger charge is 2.26. The van der Waals surface area contributed by atoms with Crippen LogP contribution in [-0.4, -0.2) is 35.6 Å². The van der Waals surface area contributed by atoms with Crippen LogP contribution >= 0.6 is 12.2 Å². The molecule has 1 saturated heterocycles. The van der Waals surface area contributed by atoms with Crippen LogP contribution in [0.15, 0.2) is 24.3 Å². The molecule has 1 aliphatic rings. The minimum atomic E-state index is -0.236. The van der Waals surface area contributed by atoms with E-state index in [-0.39, 0.29) is 17.7 Å². The van der Waals surface area contributed by atoms with E-state index in [9.17, 15) is 9.18 Å². The molecule has 0 aromatic heterocycles. The number of hydrogen-bond acceptors (Lipinski definition) is 3. The maximum Gasteiger partial charge on any atom is 0.309 e. The zero-order chi connectivity index (χ0) is 15.2. The van der Waals surface area contributed by atoms with Crippen molar-refractivity contribution >= 4 is 23.2 Å². The average molecular weight is 309 g/mol. The Morgan fingerprint density at radius 2 is 1.95 bits per heavy atom. The summed E-state index contributed by atoms with van der Waals surface area (Å²) in [7, 11) is 0. The molecular weight excluding hydrogens is 289 g/mol. The summed E-state index contributed by atoms with van der Waals surface area (Å²) in [5.74, 6) is -0.337. The number of hydrogen-bond donors (Lipinski definition) is 0. The summed E-state index contributed by atoms with van der Waals surface area (Å²) in [6.45, 7) is 3.82. The summed E-state index contributed by atoms with van der Waals surface area (Å²) in [6.07, 6.45) is 2.20. The lowest BCUT2D eigenvalue weighted by molar-refractivity contribution is -0.149. The van der Waals surface area contributed by atoms with Crippen LogP contribution in [0.25, 0.3) is 0 Å². The average Bonchev–Trinajstić information content (AvgIpc) is 2.50. The second-order valence-electron chi connectivity index (χ2n) is 5.21. The number of carbonyl (C=O) groups excluding carboxylic acids is 1. The molecule has 1 aliphatic heterocycles. The van der Waals surface area contributed by atoms with Crippen molar-refractivity contribution in [2.24, 2.45) is 5.92 Å². The number of rotatable bonds is 4. The van der Waals surface area contributed by atoms with Gasteiger partial charge in [-0.25, -0.2) is 4.39 Å². The molecule has 0 saturated carbocycles. The van der Waals surface area contributed by atoms with Crippen LogP contribution in [0.3, 0.4) is 0 Å². The van der Waals surface area contributed by atoms with Gasteiger partial charge in [-0.2, -0.15) is 0 Å². The minimum absolute atomic E-state index is 0.00480. The lowest BCUT2D eigenvalue weighted by Gasteiger charge is -2.32. The van der Waals surface area contributed by atoms with Gasteiger partial charge in [0.25, 0.3) is 0 Å². The fourth-order valence-corrected chi connectivity index (χ4v) is 2.86. The Bertz CT molecular complexity index is 496. The Morgan fingerprint density at radius 1 is 1.33 bits per heavy atom. The first-order valence-corrected chi connectivity index (χ1v) is 7.70. The zero-order valence-corrected chi connectivity index (χ0v) is 13.0. The van der Waals surface area contributed by atoms with Crippen LogP contribution in [0.2, 0.25) is 0 Å². The Hall–Kier alpha value is -1.49. The number of carbonyl (C=O) groups is 1. The largest absolute Gasteiger partial charge is 0.466 e. The summed E-state index contributed by atoms with van der Waals surface area (Å²) < 4.78 is 17.9. The molecule has 1 aromatic carbocycles. The van der Waals surface area contributed by atoms with E-state index in [4.69, 9.17) is 17.0 Å². The Balaban J connectivity index is 1.83. The van der Waals surface area contributed by atoms with Gasteiger partial charge >= 0.3 is 5.97 Å². The van der Waals surface area contributed by atoms with Crippen LogP contribution in [0.5, 0.6) is 0 Å². The van der Waals surface area contributed by atoms with Gasteiger partial charge < -0.3 is 9.64 Å². The molecule has 5 heteroatoms. The van der Waals surface area contributed by atoms with Crippen LogP contribution in [0, 0.1) is 11.7 Å². The highest BCUT2D eigenvalue weighted by atomic mass is 32.1. The van der Waals surface area contributed by atoms with Crippen molar-refractivity contribution < 1.29 is 13.9 Å². The SMILES string of the molecule is CCOC(=O)C1CCN(C(=S)Cc2ccc(F)cc2)CC1. The highest BCUT2D eigenvalue weighted by Crippen LogP contribution is 2.20. The second-order valence-corrected chi connectivity index (χ2v) is 5.68. The number of halogens is 1. The number of esters is 1. The van der Waals surface area contributed by atoms with E-state index in [2.05, 4.69) is 4.90 Å². The van der Waals surface area contributed by atoms with Crippen LogP contribution < -0.4 is 0 Å². The van der Waals surface area contributed by atoms with E-state index >= 15 is 0 Å². The fourth-order valence-electron chi connectivity index (χ4n) is 2.51. The van der Waals surface area contributed by atoms with Gasteiger partial charge in [0.2, 0.25) is 0 Å². The Kier molecular flexibility index (Phi) is 5.67. The monoisotopic (exact) mass is 309 g/mol. The van der Waals surface area contributed by atoms with Crippen molar-refractivity contribution in [3.05, 3.63) is 35.6 Å². The molecule has 3 nitrogen and oxygen atoms in total. The third kappa shape index (κ3) is 4.49. The molecule has 2 rings (SSSR count). The Labute approximate surface area is 130 Å². The zero-order valence-electron chi connectivity index (χ0n) is 12.2. The number of ether oxygens (including phenoxy) is 1. The summed E-state index contributed by atoms with van der Waals surface area (Å²) in [6, 6.07) is 6.41. The van der Waals surface area contributed by atoms with Crippen LogP contribution in [0.4, 0.5) is 4.39 Å². The van der Waals surface area contributed by atoms with Crippen molar-refractivity contribution in [1.82, 2.24) is 4.90 Å². The molecule has 0 unspecified atom stereocenters. The third-order valence-corrected chi connectivity index (χ3v) is 4.14. The maximum absolute atomic E-state index is 12.9. The summed E-state index contributed by atoms with van der Waals surface area (Å²) in [5, 5.41) is 0. The van der Waals surface area contributed by atoms with Gasteiger partial charge in [-0.3, -0.25) is 4.79 Å². The molecule has 0 N–H and O–H groups in total. The first-order valence-electron chi connectivity index (χ1n) is 7.29. The molecule has 0 amide bonds. The minimum Gasteiger partial charge on any atom is -0.466 e. The van der Waals surface area contributed by atoms with E-state index in [0.29, 0.717) is 13.0 Å². The van der Waals surface area contributed by atoms with Gasteiger partial charge in [0.05, 0.1) is 17.5 Å². The fraction of sp³-hybridized carbons (Fsp3) is 0.500. The lowest BCUT2D eigenvalue weighted by Crippen LogP contribution is -2.40. The lowest BCUT2D eigenvalue weighted by atomic mass is 9.96. The predicted molar refractivity (Wildman–Crippen MR) is 83.6 cm³/mol. The van der Waals surface area contributed by atoms with Crippen molar-refractivity contribution in [3.8, 4) is 0 Å². The van der Waals surface area contributed by atoms with E-state index < -0.39 is 0 Å². The summed E-state index contributed by atoms with van der Waals surface area (Å²) in [5.41, 5.74) is 1.01. The first kappa shape index (κ1) is 15.9. The van der Waals surface area contributed by atoms with Gasteiger partial charge in [-0.1, -0.05) is 24.4 Å². The molecule has 21 heavy (non-hydrogen) atoms. The van der Waals surface area contributed by atoms with E-state index in [1.54, 1.807) is 12.1 Å². The number of piperidine rings is 1. The molecular formula is C16H20FNO2S.